The molecule has 0 spiro atoms. The van der Waals surface area contributed by atoms with Crippen molar-refractivity contribution in [2.45, 2.75) is 39.5 Å². The molecule has 0 heterocycles. The Bertz CT molecular complexity index is 406. The van der Waals surface area contributed by atoms with Crippen LogP contribution in [0.3, 0.4) is 0 Å². The highest BCUT2D eigenvalue weighted by Crippen LogP contribution is 2.19. The second kappa shape index (κ2) is 9.23. The van der Waals surface area contributed by atoms with Crippen molar-refractivity contribution in [3.05, 3.63) is 24.3 Å². The lowest BCUT2D eigenvalue weighted by atomic mass is 10.0. The van der Waals surface area contributed by atoms with Crippen molar-refractivity contribution in [2.24, 2.45) is 5.92 Å². The number of hydrogen-bond donors (Lipinski definition) is 1. The minimum absolute atomic E-state index is 0.0988. The van der Waals surface area contributed by atoms with Crippen LogP contribution in [0.25, 0.3) is 0 Å². The van der Waals surface area contributed by atoms with Crippen LogP contribution >= 0.6 is 0 Å². The summed E-state index contributed by atoms with van der Waals surface area (Å²) in [6.45, 7) is 4.66. The molecule has 20 heavy (non-hydrogen) atoms. The zero-order valence-electron chi connectivity index (χ0n) is 12.4. The first-order chi connectivity index (χ1) is 9.67. The molecule has 0 saturated carbocycles. The largest absolute Gasteiger partial charge is 0.480 e. The normalized spacial score (nSPS) is 11.9. The highest BCUT2D eigenvalue weighted by atomic mass is 16.6. The molecule has 0 bridgehead atoms. The van der Waals surface area contributed by atoms with Gasteiger partial charge in [-0.3, -0.25) is 0 Å². The van der Waals surface area contributed by atoms with Crippen LogP contribution < -0.4 is 10.5 Å². The lowest BCUT2D eigenvalue weighted by Crippen LogP contribution is -2.19. The Kier molecular flexibility index (Phi) is 7.55. The van der Waals surface area contributed by atoms with Gasteiger partial charge < -0.3 is 15.2 Å². The van der Waals surface area contributed by atoms with E-state index >= 15 is 0 Å². The van der Waals surface area contributed by atoms with Gasteiger partial charge in [0.05, 0.1) is 12.3 Å². The molecule has 0 saturated heterocycles. The molecule has 0 aliphatic carbocycles. The third kappa shape index (κ3) is 5.95. The molecule has 0 aromatic heterocycles. The number of nitrogen functional groups attached to an aromatic ring is 1. The molecule has 1 unspecified atom stereocenters. The SMILES string of the molecule is CCCCC(CC)COC(=O)COc1ccccc1N. The van der Waals surface area contributed by atoms with Gasteiger partial charge in [0, 0.05) is 0 Å². The monoisotopic (exact) mass is 279 g/mol. The highest BCUT2D eigenvalue weighted by Gasteiger charge is 2.11. The molecule has 0 aliphatic heterocycles. The molecule has 0 fully saturated rings. The molecule has 112 valence electrons. The molecule has 4 nitrogen and oxygen atoms in total. The fourth-order valence-corrected chi connectivity index (χ4v) is 1.90. The summed E-state index contributed by atoms with van der Waals surface area (Å²) in [6, 6.07) is 7.10. The zero-order valence-corrected chi connectivity index (χ0v) is 12.4. The minimum Gasteiger partial charge on any atom is -0.480 e. The first-order valence-corrected chi connectivity index (χ1v) is 7.30. The zero-order chi connectivity index (χ0) is 14.8. The number of anilines is 1. The van der Waals surface area contributed by atoms with Crippen LogP contribution in [0.15, 0.2) is 24.3 Å². The van der Waals surface area contributed by atoms with E-state index in [1.54, 1.807) is 12.1 Å². The number of para-hydroxylation sites is 2. The molecule has 0 aliphatic rings. The maximum atomic E-state index is 11.6. The van der Waals surface area contributed by atoms with Crippen LogP contribution in [0.4, 0.5) is 5.69 Å². The maximum absolute atomic E-state index is 11.6. The van der Waals surface area contributed by atoms with E-state index in [4.69, 9.17) is 15.2 Å². The number of rotatable bonds is 9. The summed E-state index contributed by atoms with van der Waals surface area (Å²) in [5, 5.41) is 0. The summed E-state index contributed by atoms with van der Waals surface area (Å²) in [4.78, 5) is 11.6. The summed E-state index contributed by atoms with van der Waals surface area (Å²) in [7, 11) is 0. The van der Waals surface area contributed by atoms with E-state index in [1.807, 2.05) is 12.1 Å². The van der Waals surface area contributed by atoms with Gasteiger partial charge in [0.2, 0.25) is 0 Å². The molecular weight excluding hydrogens is 254 g/mol. The molecular formula is C16H25NO3. The predicted octanol–water partition coefficient (Wildman–Crippen LogP) is 3.41. The molecule has 4 heteroatoms. The van der Waals surface area contributed by atoms with E-state index in [1.165, 1.54) is 12.8 Å². The molecule has 1 aromatic rings. The Hall–Kier alpha value is -1.71. The lowest BCUT2D eigenvalue weighted by Gasteiger charge is -2.15. The van der Waals surface area contributed by atoms with Gasteiger partial charge in [-0.1, -0.05) is 45.2 Å². The van der Waals surface area contributed by atoms with E-state index in [9.17, 15) is 4.79 Å². The lowest BCUT2D eigenvalue weighted by molar-refractivity contribution is -0.147. The van der Waals surface area contributed by atoms with Gasteiger partial charge in [-0.2, -0.15) is 0 Å². The van der Waals surface area contributed by atoms with E-state index in [0.717, 1.165) is 12.8 Å². The number of carbonyl (C=O) groups is 1. The Morgan fingerprint density at radius 1 is 1.30 bits per heavy atom. The second-order valence-corrected chi connectivity index (χ2v) is 4.93. The average Bonchev–Trinajstić information content (AvgIpc) is 2.46. The van der Waals surface area contributed by atoms with Crippen LogP contribution in [-0.4, -0.2) is 19.2 Å². The Morgan fingerprint density at radius 2 is 2.05 bits per heavy atom. The van der Waals surface area contributed by atoms with Crippen LogP contribution in [0, 0.1) is 5.92 Å². The fourth-order valence-electron chi connectivity index (χ4n) is 1.90. The van der Waals surface area contributed by atoms with Crippen molar-refractivity contribution in [1.29, 1.82) is 0 Å². The van der Waals surface area contributed by atoms with Gasteiger partial charge in [-0.05, 0) is 24.5 Å². The highest BCUT2D eigenvalue weighted by molar-refractivity contribution is 5.71. The summed E-state index contributed by atoms with van der Waals surface area (Å²) in [5.41, 5.74) is 6.25. The number of unbranched alkanes of at least 4 members (excludes halogenated alkanes) is 1. The molecule has 0 radical (unpaired) electrons. The third-order valence-corrected chi connectivity index (χ3v) is 3.29. The van der Waals surface area contributed by atoms with E-state index in [0.29, 0.717) is 24.0 Å². The van der Waals surface area contributed by atoms with Crippen molar-refractivity contribution >= 4 is 11.7 Å². The van der Waals surface area contributed by atoms with Crippen LogP contribution in [0.5, 0.6) is 5.75 Å². The number of benzene rings is 1. The van der Waals surface area contributed by atoms with E-state index in [-0.39, 0.29) is 12.6 Å². The van der Waals surface area contributed by atoms with Gasteiger partial charge in [-0.15, -0.1) is 0 Å². The van der Waals surface area contributed by atoms with Crippen molar-refractivity contribution < 1.29 is 14.3 Å². The van der Waals surface area contributed by atoms with Gasteiger partial charge in [0.25, 0.3) is 0 Å². The Labute approximate surface area is 121 Å². The topological polar surface area (TPSA) is 61.5 Å². The maximum Gasteiger partial charge on any atom is 0.344 e. The number of ether oxygens (including phenoxy) is 2. The predicted molar refractivity (Wildman–Crippen MR) is 80.6 cm³/mol. The molecule has 1 atom stereocenters. The summed E-state index contributed by atoms with van der Waals surface area (Å²) >= 11 is 0. The molecule has 1 rings (SSSR count). The van der Waals surface area contributed by atoms with E-state index in [2.05, 4.69) is 13.8 Å². The number of esters is 1. The summed E-state index contributed by atoms with van der Waals surface area (Å²) in [6.07, 6.45) is 4.47. The van der Waals surface area contributed by atoms with Crippen molar-refractivity contribution in [2.75, 3.05) is 18.9 Å². The van der Waals surface area contributed by atoms with Gasteiger partial charge in [-0.25, -0.2) is 4.79 Å². The number of carbonyl (C=O) groups excluding carboxylic acids is 1. The first-order valence-electron chi connectivity index (χ1n) is 7.30. The second-order valence-electron chi connectivity index (χ2n) is 4.93. The first kappa shape index (κ1) is 16.3. The smallest absolute Gasteiger partial charge is 0.344 e. The van der Waals surface area contributed by atoms with Crippen molar-refractivity contribution in [3.63, 3.8) is 0 Å². The van der Waals surface area contributed by atoms with Crippen molar-refractivity contribution in [3.8, 4) is 5.75 Å². The average molecular weight is 279 g/mol. The molecule has 1 aromatic carbocycles. The molecule has 2 N–H and O–H groups in total. The van der Waals surface area contributed by atoms with Crippen LogP contribution in [0.1, 0.15) is 39.5 Å². The Balaban J connectivity index is 2.28. The van der Waals surface area contributed by atoms with Gasteiger partial charge in [0.15, 0.2) is 6.61 Å². The minimum atomic E-state index is -0.344. The van der Waals surface area contributed by atoms with Crippen molar-refractivity contribution in [1.82, 2.24) is 0 Å². The van der Waals surface area contributed by atoms with E-state index < -0.39 is 0 Å². The van der Waals surface area contributed by atoms with Gasteiger partial charge >= 0.3 is 5.97 Å². The Morgan fingerprint density at radius 3 is 2.70 bits per heavy atom. The van der Waals surface area contributed by atoms with Crippen LogP contribution in [-0.2, 0) is 9.53 Å². The fraction of sp³-hybridized carbons (Fsp3) is 0.562. The van der Waals surface area contributed by atoms with Crippen LogP contribution in [0.2, 0.25) is 0 Å². The quantitative estimate of drug-likeness (QED) is 0.556. The summed E-state index contributed by atoms with van der Waals surface area (Å²) < 4.78 is 10.6. The molecule has 0 amide bonds. The third-order valence-electron chi connectivity index (χ3n) is 3.29. The van der Waals surface area contributed by atoms with Gasteiger partial charge in [0.1, 0.15) is 5.75 Å². The summed E-state index contributed by atoms with van der Waals surface area (Å²) in [5.74, 6) is 0.617. The number of nitrogens with two attached hydrogens (primary N) is 1. The standard InChI is InChI=1S/C16H25NO3/c1-3-5-8-13(4-2)11-20-16(18)12-19-15-10-7-6-9-14(15)17/h6-7,9-10,13H,3-5,8,11-12,17H2,1-2H3. The number of hydrogen-bond acceptors (Lipinski definition) is 4.